The van der Waals surface area contributed by atoms with E-state index in [0.29, 0.717) is 12.3 Å². The SMILES string of the molecule is CCc1cc2ccc(C(C)(C#N)Cc3cccc4c3CCN4)cc2nc1OC. The largest absolute Gasteiger partial charge is 0.481 e. The molecule has 0 saturated heterocycles. The number of aromatic nitrogens is 1. The van der Waals surface area contributed by atoms with Crippen molar-refractivity contribution in [1.82, 2.24) is 4.98 Å². The number of aryl methyl sites for hydroxylation is 1. The Bertz CT molecular complexity index is 1080. The van der Waals surface area contributed by atoms with Crippen molar-refractivity contribution in [2.45, 2.75) is 38.5 Å². The maximum Gasteiger partial charge on any atom is 0.216 e. The normalized spacial score (nSPS) is 14.8. The van der Waals surface area contributed by atoms with Gasteiger partial charge in [-0.2, -0.15) is 5.26 Å². The van der Waals surface area contributed by atoms with Crippen molar-refractivity contribution in [2.24, 2.45) is 0 Å². The third-order valence-corrected chi connectivity index (χ3v) is 5.82. The quantitative estimate of drug-likeness (QED) is 0.700. The first-order chi connectivity index (χ1) is 13.6. The molecule has 4 nitrogen and oxygen atoms in total. The van der Waals surface area contributed by atoms with Gasteiger partial charge in [-0.3, -0.25) is 0 Å². The van der Waals surface area contributed by atoms with Gasteiger partial charge in [0.1, 0.15) is 0 Å². The first-order valence-corrected chi connectivity index (χ1v) is 9.82. The van der Waals surface area contributed by atoms with Crippen molar-refractivity contribution < 1.29 is 4.74 Å². The monoisotopic (exact) mass is 371 g/mol. The third kappa shape index (κ3) is 3.07. The lowest BCUT2D eigenvalue weighted by Gasteiger charge is -2.24. The smallest absolute Gasteiger partial charge is 0.216 e. The van der Waals surface area contributed by atoms with Crippen LogP contribution in [0.5, 0.6) is 5.88 Å². The summed E-state index contributed by atoms with van der Waals surface area (Å²) in [5, 5.41) is 14.6. The van der Waals surface area contributed by atoms with E-state index in [1.165, 1.54) is 16.8 Å². The standard InChI is InChI=1S/C24H25N3O/c1-4-16-12-17-8-9-19(13-22(17)27-23(16)28-3)24(2,15-25)14-18-6-5-7-21-20(18)10-11-26-21/h5-9,12-13,26H,4,10-11,14H2,1-3H3. The molecule has 0 fully saturated rings. The van der Waals surface area contributed by atoms with E-state index < -0.39 is 5.41 Å². The maximum atomic E-state index is 10.1. The molecule has 0 spiro atoms. The van der Waals surface area contributed by atoms with E-state index in [4.69, 9.17) is 9.72 Å². The molecule has 0 bridgehead atoms. The molecular formula is C24H25N3O. The van der Waals surface area contributed by atoms with Crippen LogP contribution in [0.15, 0.2) is 42.5 Å². The topological polar surface area (TPSA) is 57.9 Å². The lowest BCUT2D eigenvalue weighted by atomic mass is 9.77. The second kappa shape index (κ2) is 7.16. The van der Waals surface area contributed by atoms with Crippen molar-refractivity contribution in [3.8, 4) is 11.9 Å². The van der Waals surface area contributed by atoms with E-state index in [2.05, 4.69) is 54.7 Å². The molecule has 28 heavy (non-hydrogen) atoms. The fourth-order valence-corrected chi connectivity index (χ4v) is 4.14. The Morgan fingerprint density at radius 3 is 2.82 bits per heavy atom. The first kappa shape index (κ1) is 18.3. The summed E-state index contributed by atoms with van der Waals surface area (Å²) in [7, 11) is 1.65. The fraction of sp³-hybridized carbons (Fsp3) is 0.333. The van der Waals surface area contributed by atoms with Crippen molar-refractivity contribution in [2.75, 3.05) is 19.0 Å². The zero-order chi connectivity index (χ0) is 19.7. The molecule has 0 aliphatic carbocycles. The summed E-state index contributed by atoms with van der Waals surface area (Å²) in [6.45, 7) is 5.09. The van der Waals surface area contributed by atoms with E-state index in [0.717, 1.165) is 41.4 Å². The zero-order valence-electron chi connectivity index (χ0n) is 16.7. The van der Waals surface area contributed by atoms with Gasteiger partial charge in [0.25, 0.3) is 0 Å². The van der Waals surface area contributed by atoms with Crippen molar-refractivity contribution in [1.29, 1.82) is 5.26 Å². The average molecular weight is 371 g/mol. The minimum Gasteiger partial charge on any atom is -0.481 e. The number of pyridine rings is 1. The molecule has 0 amide bonds. The molecule has 4 heteroatoms. The van der Waals surface area contributed by atoms with E-state index >= 15 is 0 Å². The molecule has 1 aromatic heterocycles. The van der Waals surface area contributed by atoms with Crippen LogP contribution in [0.1, 0.15) is 36.1 Å². The van der Waals surface area contributed by atoms with Crippen LogP contribution in [0.4, 0.5) is 5.69 Å². The van der Waals surface area contributed by atoms with Gasteiger partial charge in [-0.25, -0.2) is 4.98 Å². The molecule has 2 heterocycles. The van der Waals surface area contributed by atoms with Crippen LogP contribution in [-0.2, 0) is 24.7 Å². The highest BCUT2D eigenvalue weighted by Gasteiger charge is 2.29. The van der Waals surface area contributed by atoms with Crippen LogP contribution in [0.25, 0.3) is 10.9 Å². The summed E-state index contributed by atoms with van der Waals surface area (Å²) < 4.78 is 5.46. The number of nitrogens with zero attached hydrogens (tertiary/aromatic N) is 2. The highest BCUT2D eigenvalue weighted by atomic mass is 16.5. The lowest BCUT2D eigenvalue weighted by molar-refractivity contribution is 0.395. The highest BCUT2D eigenvalue weighted by molar-refractivity contribution is 5.81. The van der Waals surface area contributed by atoms with Crippen LogP contribution in [0.2, 0.25) is 0 Å². The minimum absolute atomic E-state index is 0.621. The Kier molecular flexibility index (Phi) is 4.68. The van der Waals surface area contributed by atoms with E-state index in [-0.39, 0.29) is 0 Å². The van der Waals surface area contributed by atoms with E-state index in [1.54, 1.807) is 7.11 Å². The Hall–Kier alpha value is -3.06. The third-order valence-electron chi connectivity index (χ3n) is 5.82. The summed E-state index contributed by atoms with van der Waals surface area (Å²) >= 11 is 0. The molecule has 0 radical (unpaired) electrons. The second-order valence-corrected chi connectivity index (χ2v) is 7.66. The Labute approximate surface area is 166 Å². The Morgan fingerprint density at radius 2 is 2.07 bits per heavy atom. The molecule has 4 rings (SSSR count). The molecule has 1 atom stereocenters. The summed E-state index contributed by atoms with van der Waals surface area (Å²) in [5.41, 5.74) is 6.13. The highest BCUT2D eigenvalue weighted by Crippen LogP contribution is 2.34. The number of rotatable bonds is 5. The fourth-order valence-electron chi connectivity index (χ4n) is 4.14. The van der Waals surface area contributed by atoms with Crippen LogP contribution in [0.3, 0.4) is 0 Å². The number of hydrogen-bond acceptors (Lipinski definition) is 4. The molecule has 0 saturated carbocycles. The van der Waals surface area contributed by atoms with E-state index in [1.807, 2.05) is 13.0 Å². The molecule has 3 aromatic rings. The molecule has 1 aliphatic rings. The predicted molar refractivity (Wildman–Crippen MR) is 113 cm³/mol. The van der Waals surface area contributed by atoms with Gasteiger partial charge in [0.2, 0.25) is 5.88 Å². The summed E-state index contributed by atoms with van der Waals surface area (Å²) in [6.07, 6.45) is 2.57. The van der Waals surface area contributed by atoms with Gasteiger partial charge in [0.05, 0.1) is 24.1 Å². The van der Waals surface area contributed by atoms with Gasteiger partial charge >= 0.3 is 0 Å². The number of nitriles is 1. The predicted octanol–water partition coefficient (Wildman–Crippen LogP) is 4.80. The number of benzene rings is 2. The Morgan fingerprint density at radius 1 is 1.21 bits per heavy atom. The number of hydrogen-bond donors (Lipinski definition) is 1. The van der Waals surface area contributed by atoms with Gasteiger partial charge in [-0.1, -0.05) is 31.2 Å². The van der Waals surface area contributed by atoms with Gasteiger partial charge < -0.3 is 10.1 Å². The molecule has 2 aromatic carbocycles. The molecular weight excluding hydrogens is 346 g/mol. The van der Waals surface area contributed by atoms with Crippen molar-refractivity contribution in [3.63, 3.8) is 0 Å². The summed E-state index contributed by atoms with van der Waals surface area (Å²) in [4.78, 5) is 4.70. The zero-order valence-corrected chi connectivity index (χ0v) is 16.7. The van der Waals surface area contributed by atoms with Gasteiger partial charge in [-0.15, -0.1) is 0 Å². The van der Waals surface area contributed by atoms with Gasteiger partial charge in [0.15, 0.2) is 0 Å². The summed E-state index contributed by atoms with van der Waals surface area (Å²) in [5.74, 6) is 0.665. The van der Waals surface area contributed by atoms with Crippen LogP contribution in [-0.4, -0.2) is 18.6 Å². The molecule has 1 unspecified atom stereocenters. The number of methoxy groups -OCH3 is 1. The van der Waals surface area contributed by atoms with Crippen LogP contribution >= 0.6 is 0 Å². The van der Waals surface area contributed by atoms with Crippen LogP contribution in [0, 0.1) is 11.3 Å². The van der Waals surface area contributed by atoms with E-state index in [9.17, 15) is 5.26 Å². The average Bonchev–Trinajstić information content (AvgIpc) is 3.22. The van der Waals surface area contributed by atoms with Gasteiger partial charge in [-0.05, 0) is 61.1 Å². The molecule has 1 N–H and O–H groups in total. The number of fused-ring (bicyclic) bond motifs is 2. The van der Waals surface area contributed by atoms with Crippen molar-refractivity contribution in [3.05, 3.63) is 64.7 Å². The number of nitrogens with one attached hydrogen (secondary N) is 1. The Balaban J connectivity index is 1.76. The number of ether oxygens (including phenoxy) is 1. The van der Waals surface area contributed by atoms with Crippen molar-refractivity contribution >= 4 is 16.6 Å². The maximum absolute atomic E-state index is 10.1. The lowest BCUT2D eigenvalue weighted by Crippen LogP contribution is -2.23. The number of anilines is 1. The molecule has 1 aliphatic heterocycles. The summed E-state index contributed by atoms with van der Waals surface area (Å²) in [6, 6.07) is 17.2. The second-order valence-electron chi connectivity index (χ2n) is 7.66. The van der Waals surface area contributed by atoms with Gasteiger partial charge in [0, 0.05) is 23.2 Å². The van der Waals surface area contributed by atoms with Crippen LogP contribution < -0.4 is 10.1 Å². The molecule has 142 valence electrons. The first-order valence-electron chi connectivity index (χ1n) is 9.82. The minimum atomic E-state index is -0.621.